The highest BCUT2D eigenvalue weighted by Crippen LogP contribution is 2.34. The highest BCUT2D eigenvalue weighted by atomic mass is 35.5. The second kappa shape index (κ2) is 9.27. The molecule has 1 aromatic carbocycles. The molecule has 0 radical (unpaired) electrons. The van der Waals surface area contributed by atoms with Crippen LogP contribution in [-0.4, -0.2) is 29.4 Å². The fraction of sp³-hybridized carbons (Fsp3) is 0.632. The van der Waals surface area contributed by atoms with E-state index in [1.807, 2.05) is 20.8 Å². The number of carbonyl (C=O) groups excluding carboxylic acids is 1. The number of halogens is 2. The normalized spacial score (nSPS) is 17.0. The lowest BCUT2D eigenvalue weighted by Gasteiger charge is -2.24. The van der Waals surface area contributed by atoms with Gasteiger partial charge in [-0.25, -0.2) is 4.79 Å². The first-order valence-electron chi connectivity index (χ1n) is 9.05. The van der Waals surface area contributed by atoms with Crippen LogP contribution < -0.4 is 10.6 Å². The van der Waals surface area contributed by atoms with E-state index in [0.29, 0.717) is 17.8 Å². The molecule has 7 heteroatoms. The summed E-state index contributed by atoms with van der Waals surface area (Å²) < 4.78 is 5.43. The number of aliphatic hydroxyl groups is 1. The lowest BCUT2D eigenvalue weighted by molar-refractivity contribution is 0.0865. The molecule has 26 heavy (non-hydrogen) atoms. The van der Waals surface area contributed by atoms with Crippen molar-refractivity contribution in [1.29, 1.82) is 0 Å². The average Bonchev–Trinajstić information content (AvgIpc) is 2.56. The summed E-state index contributed by atoms with van der Waals surface area (Å²) in [6.45, 7) is 6.42. The highest BCUT2D eigenvalue weighted by Gasteiger charge is 2.21. The molecule has 1 saturated carbocycles. The molecule has 1 amide bonds. The van der Waals surface area contributed by atoms with Gasteiger partial charge in [-0.15, -0.1) is 0 Å². The Morgan fingerprint density at radius 3 is 2.35 bits per heavy atom. The summed E-state index contributed by atoms with van der Waals surface area (Å²) >= 11 is 12.5. The smallest absolute Gasteiger partial charge is 0.411 e. The second-order valence-corrected chi connectivity index (χ2v) is 8.61. The highest BCUT2D eigenvalue weighted by molar-refractivity contribution is 6.39. The molecule has 1 fully saturated rings. The largest absolute Gasteiger partial charge is 0.446 e. The third-order valence-electron chi connectivity index (χ3n) is 4.33. The van der Waals surface area contributed by atoms with E-state index < -0.39 is 12.2 Å². The van der Waals surface area contributed by atoms with Crippen LogP contribution >= 0.6 is 23.2 Å². The Kier molecular flexibility index (Phi) is 7.59. The molecular weight excluding hydrogens is 375 g/mol. The number of aliphatic hydroxyl groups excluding tert-OH is 1. The molecule has 2 rings (SSSR count). The fourth-order valence-corrected chi connectivity index (χ4v) is 3.49. The molecule has 0 heterocycles. The van der Waals surface area contributed by atoms with Crippen molar-refractivity contribution in [2.45, 2.75) is 70.6 Å². The van der Waals surface area contributed by atoms with Gasteiger partial charge in [0, 0.05) is 12.1 Å². The van der Waals surface area contributed by atoms with Gasteiger partial charge in [-0.3, -0.25) is 5.32 Å². The maximum atomic E-state index is 12.1. The molecule has 1 atom stereocenters. The lowest BCUT2D eigenvalue weighted by atomic mass is 9.98. The summed E-state index contributed by atoms with van der Waals surface area (Å²) in [7, 11) is 0. The molecule has 5 nitrogen and oxygen atoms in total. The standard InChI is InChI=1S/C19H28Cl2N2O3/c1-19(2,3)22-11-16(24)12-9-14(20)17(15(21)10-12)23-18(25)26-13-7-5-4-6-8-13/h9-10,13,16,22,24H,4-8,11H2,1-3H3,(H,23,25). The Bertz CT molecular complexity index is 603. The van der Waals surface area contributed by atoms with Gasteiger partial charge in [0.2, 0.25) is 0 Å². The van der Waals surface area contributed by atoms with Gasteiger partial charge in [0.05, 0.1) is 21.8 Å². The zero-order valence-electron chi connectivity index (χ0n) is 15.6. The molecule has 0 bridgehead atoms. The minimum atomic E-state index is -0.757. The van der Waals surface area contributed by atoms with Crippen molar-refractivity contribution >= 4 is 35.0 Å². The average molecular weight is 403 g/mol. The van der Waals surface area contributed by atoms with Crippen LogP contribution in [0.4, 0.5) is 10.5 Å². The van der Waals surface area contributed by atoms with E-state index in [1.165, 1.54) is 6.42 Å². The van der Waals surface area contributed by atoms with Gasteiger partial charge in [-0.05, 0) is 64.2 Å². The van der Waals surface area contributed by atoms with Gasteiger partial charge in [0.25, 0.3) is 0 Å². The molecule has 146 valence electrons. The van der Waals surface area contributed by atoms with Crippen molar-refractivity contribution in [3.63, 3.8) is 0 Å². The van der Waals surface area contributed by atoms with Gasteiger partial charge < -0.3 is 15.2 Å². The summed E-state index contributed by atoms with van der Waals surface area (Å²) in [5.74, 6) is 0. The van der Waals surface area contributed by atoms with Crippen LogP contribution in [0.2, 0.25) is 10.0 Å². The van der Waals surface area contributed by atoms with E-state index >= 15 is 0 Å². The van der Waals surface area contributed by atoms with Crippen LogP contribution in [0.1, 0.15) is 64.5 Å². The number of rotatable bonds is 5. The topological polar surface area (TPSA) is 70.6 Å². The minimum absolute atomic E-state index is 0.0501. The fourth-order valence-electron chi connectivity index (χ4n) is 2.89. The van der Waals surface area contributed by atoms with Gasteiger partial charge in [-0.2, -0.15) is 0 Å². The van der Waals surface area contributed by atoms with Crippen molar-refractivity contribution in [3.8, 4) is 0 Å². The number of anilines is 1. The van der Waals surface area contributed by atoms with Crippen LogP contribution in [-0.2, 0) is 4.74 Å². The van der Waals surface area contributed by atoms with Gasteiger partial charge in [0.15, 0.2) is 0 Å². The predicted molar refractivity (Wildman–Crippen MR) is 106 cm³/mol. The quantitative estimate of drug-likeness (QED) is 0.624. The molecule has 1 aliphatic rings. The van der Waals surface area contributed by atoms with E-state index in [1.54, 1.807) is 12.1 Å². The first-order valence-corrected chi connectivity index (χ1v) is 9.81. The summed E-state index contributed by atoms with van der Waals surface area (Å²) in [6, 6.07) is 3.22. The SMILES string of the molecule is CC(C)(C)NCC(O)c1cc(Cl)c(NC(=O)OC2CCCCC2)c(Cl)c1. The molecule has 0 saturated heterocycles. The predicted octanol–water partition coefficient (Wildman–Crippen LogP) is 5.30. The van der Waals surface area contributed by atoms with E-state index in [0.717, 1.165) is 25.7 Å². The summed E-state index contributed by atoms with van der Waals surface area (Å²) in [5, 5.41) is 16.7. The van der Waals surface area contributed by atoms with Crippen molar-refractivity contribution in [3.05, 3.63) is 27.7 Å². The number of hydrogen-bond acceptors (Lipinski definition) is 4. The van der Waals surface area contributed by atoms with Gasteiger partial charge in [-0.1, -0.05) is 29.6 Å². The molecular formula is C19H28Cl2N2O3. The first-order chi connectivity index (χ1) is 12.2. The summed E-state index contributed by atoms with van der Waals surface area (Å²) in [4.78, 5) is 12.1. The zero-order valence-corrected chi connectivity index (χ0v) is 17.1. The molecule has 0 spiro atoms. The van der Waals surface area contributed by atoms with Gasteiger partial charge in [0.1, 0.15) is 6.10 Å². The number of benzene rings is 1. The van der Waals surface area contributed by atoms with Crippen LogP contribution in [0.3, 0.4) is 0 Å². The number of β-amino-alcohol motifs (C(OH)–C–C–N with tert-alkyl or cyclic N) is 1. The third-order valence-corrected chi connectivity index (χ3v) is 4.92. The summed E-state index contributed by atoms with van der Waals surface area (Å²) in [6.07, 6.45) is 3.76. The Morgan fingerprint density at radius 2 is 1.81 bits per heavy atom. The van der Waals surface area contributed by atoms with Crippen molar-refractivity contribution < 1.29 is 14.6 Å². The molecule has 1 aliphatic carbocycles. The Morgan fingerprint density at radius 1 is 1.23 bits per heavy atom. The van der Waals surface area contributed by atoms with Crippen LogP contribution in [0.5, 0.6) is 0 Å². The monoisotopic (exact) mass is 402 g/mol. The number of ether oxygens (including phenoxy) is 1. The maximum absolute atomic E-state index is 12.1. The molecule has 0 aromatic heterocycles. The molecule has 3 N–H and O–H groups in total. The zero-order chi connectivity index (χ0) is 19.3. The Balaban J connectivity index is 2.00. The molecule has 1 unspecified atom stereocenters. The number of amides is 1. The van der Waals surface area contributed by atoms with E-state index in [9.17, 15) is 9.90 Å². The summed E-state index contributed by atoms with van der Waals surface area (Å²) in [5.41, 5.74) is 0.774. The van der Waals surface area contributed by atoms with E-state index in [2.05, 4.69) is 10.6 Å². The number of hydrogen-bond donors (Lipinski definition) is 3. The molecule has 0 aliphatic heterocycles. The Hall–Kier alpha value is -1.01. The van der Waals surface area contributed by atoms with Crippen molar-refractivity contribution in [1.82, 2.24) is 5.32 Å². The number of carbonyl (C=O) groups is 1. The lowest BCUT2D eigenvalue weighted by Crippen LogP contribution is -2.38. The first kappa shape index (κ1) is 21.3. The van der Waals surface area contributed by atoms with E-state index in [4.69, 9.17) is 27.9 Å². The maximum Gasteiger partial charge on any atom is 0.411 e. The minimum Gasteiger partial charge on any atom is -0.446 e. The van der Waals surface area contributed by atoms with Crippen LogP contribution in [0, 0.1) is 0 Å². The molecule has 1 aromatic rings. The van der Waals surface area contributed by atoms with Crippen LogP contribution in [0.15, 0.2) is 12.1 Å². The Labute approximate surface area is 165 Å². The van der Waals surface area contributed by atoms with Crippen molar-refractivity contribution in [2.24, 2.45) is 0 Å². The van der Waals surface area contributed by atoms with Gasteiger partial charge >= 0.3 is 6.09 Å². The second-order valence-electron chi connectivity index (χ2n) is 7.80. The van der Waals surface area contributed by atoms with E-state index in [-0.39, 0.29) is 21.7 Å². The third kappa shape index (κ3) is 6.62. The number of nitrogens with one attached hydrogen (secondary N) is 2. The van der Waals surface area contributed by atoms with Crippen molar-refractivity contribution in [2.75, 3.05) is 11.9 Å². The van der Waals surface area contributed by atoms with Crippen LogP contribution in [0.25, 0.3) is 0 Å².